The highest BCUT2D eigenvalue weighted by Crippen LogP contribution is 2.30. The van der Waals surface area contributed by atoms with E-state index in [1.807, 2.05) is 55.1 Å². The molecule has 6 heteroatoms. The molecule has 1 atom stereocenters. The Bertz CT molecular complexity index is 1090. The summed E-state index contributed by atoms with van der Waals surface area (Å²) in [6, 6.07) is 15.9. The summed E-state index contributed by atoms with van der Waals surface area (Å²) in [5.74, 6) is 2.41. The van der Waals surface area contributed by atoms with Gasteiger partial charge in [-0.05, 0) is 24.6 Å². The zero-order chi connectivity index (χ0) is 18.8. The van der Waals surface area contributed by atoms with E-state index in [0.29, 0.717) is 0 Å². The standard InChI is InChI=1S/C21H21N5O/c1-14-17-9-4-5-10-18(17)20(25-24-14)23-19(21-22-11-12-26(21)2)15-7-6-8-16(13-15)27-3/h4-13,19H,1-3H3,(H,23,25). The van der Waals surface area contributed by atoms with Crippen molar-refractivity contribution in [2.75, 3.05) is 12.4 Å². The van der Waals surface area contributed by atoms with E-state index in [0.717, 1.165) is 39.4 Å². The van der Waals surface area contributed by atoms with Crippen molar-refractivity contribution in [3.63, 3.8) is 0 Å². The quantitative estimate of drug-likeness (QED) is 0.586. The van der Waals surface area contributed by atoms with E-state index in [1.165, 1.54) is 0 Å². The summed E-state index contributed by atoms with van der Waals surface area (Å²) < 4.78 is 7.41. The number of fused-ring (bicyclic) bond motifs is 1. The monoisotopic (exact) mass is 359 g/mol. The van der Waals surface area contributed by atoms with Crippen LogP contribution in [-0.4, -0.2) is 26.9 Å². The van der Waals surface area contributed by atoms with E-state index in [4.69, 9.17) is 4.74 Å². The van der Waals surface area contributed by atoms with Gasteiger partial charge in [-0.25, -0.2) is 4.98 Å². The van der Waals surface area contributed by atoms with E-state index in [-0.39, 0.29) is 6.04 Å². The van der Waals surface area contributed by atoms with Gasteiger partial charge in [0.15, 0.2) is 5.82 Å². The molecule has 4 aromatic rings. The number of hydrogen-bond donors (Lipinski definition) is 1. The maximum absolute atomic E-state index is 5.41. The van der Waals surface area contributed by atoms with Crippen LogP contribution in [0.15, 0.2) is 60.9 Å². The van der Waals surface area contributed by atoms with Gasteiger partial charge in [-0.3, -0.25) is 0 Å². The molecular formula is C21H21N5O. The van der Waals surface area contributed by atoms with Crippen LogP contribution < -0.4 is 10.1 Å². The fourth-order valence-electron chi connectivity index (χ4n) is 3.25. The summed E-state index contributed by atoms with van der Waals surface area (Å²) in [7, 11) is 3.65. The lowest BCUT2D eigenvalue weighted by molar-refractivity contribution is 0.414. The molecular weight excluding hydrogens is 338 g/mol. The Morgan fingerprint density at radius 1 is 1.04 bits per heavy atom. The molecule has 1 unspecified atom stereocenters. The fourth-order valence-corrected chi connectivity index (χ4v) is 3.25. The Morgan fingerprint density at radius 2 is 1.85 bits per heavy atom. The minimum atomic E-state index is -0.194. The first-order valence-corrected chi connectivity index (χ1v) is 8.77. The van der Waals surface area contributed by atoms with Gasteiger partial charge in [0, 0.05) is 30.2 Å². The molecule has 2 heterocycles. The molecule has 2 aromatic heterocycles. The van der Waals surface area contributed by atoms with Gasteiger partial charge >= 0.3 is 0 Å². The van der Waals surface area contributed by atoms with Crippen molar-refractivity contribution in [2.24, 2.45) is 7.05 Å². The van der Waals surface area contributed by atoms with Crippen LogP contribution in [0.25, 0.3) is 10.8 Å². The van der Waals surface area contributed by atoms with Gasteiger partial charge in [-0.15, -0.1) is 5.10 Å². The Labute approximate surface area is 157 Å². The lowest BCUT2D eigenvalue weighted by Crippen LogP contribution is -2.18. The van der Waals surface area contributed by atoms with E-state index in [9.17, 15) is 0 Å². The highest BCUT2D eigenvalue weighted by molar-refractivity contribution is 5.93. The van der Waals surface area contributed by atoms with Crippen LogP contribution in [0.3, 0.4) is 0 Å². The molecule has 0 saturated heterocycles. The zero-order valence-corrected chi connectivity index (χ0v) is 15.5. The van der Waals surface area contributed by atoms with Gasteiger partial charge in [0.05, 0.1) is 12.8 Å². The number of imidazole rings is 1. The van der Waals surface area contributed by atoms with Crippen molar-refractivity contribution in [3.8, 4) is 5.75 Å². The van der Waals surface area contributed by atoms with Crippen molar-refractivity contribution in [1.29, 1.82) is 0 Å². The van der Waals surface area contributed by atoms with E-state index >= 15 is 0 Å². The molecule has 0 aliphatic rings. The number of nitrogens with zero attached hydrogens (tertiary/aromatic N) is 4. The summed E-state index contributed by atoms with van der Waals surface area (Å²) >= 11 is 0. The Morgan fingerprint density at radius 3 is 2.59 bits per heavy atom. The maximum Gasteiger partial charge on any atom is 0.157 e. The van der Waals surface area contributed by atoms with E-state index < -0.39 is 0 Å². The molecule has 0 bridgehead atoms. The molecule has 0 spiro atoms. The predicted octanol–water partition coefficient (Wildman–Crippen LogP) is 3.88. The minimum absolute atomic E-state index is 0.194. The minimum Gasteiger partial charge on any atom is -0.497 e. The molecule has 0 aliphatic carbocycles. The van der Waals surface area contributed by atoms with Crippen LogP contribution in [0.5, 0.6) is 5.75 Å². The van der Waals surface area contributed by atoms with Crippen LogP contribution in [0.2, 0.25) is 0 Å². The zero-order valence-electron chi connectivity index (χ0n) is 15.5. The Kier molecular flexibility index (Phi) is 4.46. The van der Waals surface area contributed by atoms with Crippen LogP contribution in [-0.2, 0) is 7.05 Å². The number of aryl methyl sites for hydroxylation is 2. The molecule has 0 fully saturated rings. The second kappa shape index (κ2) is 7.07. The highest BCUT2D eigenvalue weighted by atomic mass is 16.5. The molecule has 4 rings (SSSR count). The second-order valence-electron chi connectivity index (χ2n) is 6.43. The van der Waals surface area contributed by atoms with E-state index in [2.05, 4.69) is 38.7 Å². The first kappa shape index (κ1) is 17.0. The average Bonchev–Trinajstić information content (AvgIpc) is 3.13. The first-order valence-electron chi connectivity index (χ1n) is 8.77. The molecule has 6 nitrogen and oxygen atoms in total. The highest BCUT2D eigenvalue weighted by Gasteiger charge is 2.21. The van der Waals surface area contributed by atoms with Gasteiger partial charge in [-0.2, -0.15) is 5.10 Å². The topological polar surface area (TPSA) is 64.9 Å². The number of ether oxygens (including phenoxy) is 1. The molecule has 2 aromatic carbocycles. The molecule has 0 radical (unpaired) electrons. The third kappa shape index (κ3) is 3.21. The second-order valence-corrected chi connectivity index (χ2v) is 6.43. The lowest BCUT2D eigenvalue weighted by Gasteiger charge is -2.21. The largest absolute Gasteiger partial charge is 0.497 e. The van der Waals surface area contributed by atoms with Gasteiger partial charge < -0.3 is 14.6 Å². The average molecular weight is 359 g/mol. The van der Waals surface area contributed by atoms with Gasteiger partial charge in [0.25, 0.3) is 0 Å². The predicted molar refractivity (Wildman–Crippen MR) is 106 cm³/mol. The van der Waals surface area contributed by atoms with Crippen LogP contribution in [0.1, 0.15) is 23.1 Å². The third-order valence-corrected chi connectivity index (χ3v) is 4.70. The summed E-state index contributed by atoms with van der Waals surface area (Å²) in [5, 5.41) is 14.4. The summed E-state index contributed by atoms with van der Waals surface area (Å²) in [6.45, 7) is 1.97. The molecule has 0 saturated carbocycles. The van der Waals surface area contributed by atoms with Crippen LogP contribution in [0, 0.1) is 6.92 Å². The number of nitrogens with one attached hydrogen (secondary N) is 1. The van der Waals surface area contributed by atoms with Gasteiger partial charge in [-0.1, -0.05) is 36.4 Å². The lowest BCUT2D eigenvalue weighted by atomic mass is 10.0. The Balaban J connectivity index is 1.83. The summed E-state index contributed by atoms with van der Waals surface area (Å²) in [5.41, 5.74) is 1.95. The maximum atomic E-state index is 5.41. The molecule has 0 amide bonds. The summed E-state index contributed by atoms with van der Waals surface area (Å²) in [4.78, 5) is 4.55. The van der Waals surface area contributed by atoms with Crippen molar-refractivity contribution in [2.45, 2.75) is 13.0 Å². The van der Waals surface area contributed by atoms with Gasteiger partial charge in [0.2, 0.25) is 0 Å². The molecule has 0 aliphatic heterocycles. The van der Waals surface area contributed by atoms with E-state index in [1.54, 1.807) is 13.3 Å². The smallest absolute Gasteiger partial charge is 0.157 e. The number of hydrogen-bond acceptors (Lipinski definition) is 5. The molecule has 1 N–H and O–H groups in total. The normalized spacial score (nSPS) is 12.1. The van der Waals surface area contributed by atoms with Gasteiger partial charge in [0.1, 0.15) is 17.6 Å². The number of rotatable bonds is 5. The third-order valence-electron chi connectivity index (χ3n) is 4.70. The van der Waals surface area contributed by atoms with Crippen LogP contribution in [0.4, 0.5) is 5.82 Å². The van der Waals surface area contributed by atoms with Crippen LogP contribution >= 0.6 is 0 Å². The van der Waals surface area contributed by atoms with Crippen molar-refractivity contribution < 1.29 is 4.74 Å². The summed E-state index contributed by atoms with van der Waals surface area (Å²) in [6.07, 6.45) is 3.73. The van der Waals surface area contributed by atoms with Crippen molar-refractivity contribution in [3.05, 3.63) is 78.0 Å². The number of benzene rings is 2. The number of methoxy groups -OCH3 is 1. The molecule has 136 valence electrons. The number of anilines is 1. The number of aromatic nitrogens is 4. The first-order chi connectivity index (χ1) is 13.2. The Hall–Kier alpha value is -3.41. The van der Waals surface area contributed by atoms with Crippen molar-refractivity contribution in [1.82, 2.24) is 19.7 Å². The van der Waals surface area contributed by atoms with Crippen molar-refractivity contribution >= 4 is 16.6 Å². The molecule has 27 heavy (non-hydrogen) atoms. The fraction of sp³-hybridized carbons (Fsp3) is 0.190. The SMILES string of the molecule is COc1cccc(C(Nc2nnc(C)c3ccccc23)c2nccn2C)c1.